The van der Waals surface area contributed by atoms with Gasteiger partial charge in [0.2, 0.25) is 0 Å². The molecule has 0 unspecified atom stereocenters. The standard InChI is InChI=1S/C16H20N6O2/c23-16(13-1-2-17-18-9-13)22-4-3-21-11-14(19-15(21)12-22)10-20-5-7-24-8-6-20/h1-2,9,11H,3-8,10,12H2. The second kappa shape index (κ2) is 6.66. The maximum absolute atomic E-state index is 12.5. The Hall–Kier alpha value is -2.32. The molecule has 0 N–H and O–H groups in total. The Morgan fingerprint density at radius 3 is 2.83 bits per heavy atom. The predicted octanol–water partition coefficient (Wildman–Crippen LogP) is 0.161. The number of nitrogens with zero attached hydrogens (tertiary/aromatic N) is 6. The van der Waals surface area contributed by atoms with Crippen molar-refractivity contribution in [1.82, 2.24) is 29.5 Å². The molecule has 2 aliphatic rings. The van der Waals surface area contributed by atoms with E-state index in [1.165, 1.54) is 6.20 Å². The Balaban J connectivity index is 1.44. The highest BCUT2D eigenvalue weighted by Gasteiger charge is 2.24. The number of ether oxygens (including phenoxy) is 1. The van der Waals surface area contributed by atoms with Crippen LogP contribution in [0.3, 0.4) is 0 Å². The molecule has 2 aromatic rings. The van der Waals surface area contributed by atoms with Crippen LogP contribution in [0.25, 0.3) is 0 Å². The van der Waals surface area contributed by atoms with E-state index in [1.54, 1.807) is 12.3 Å². The molecule has 0 aromatic carbocycles. The Kier molecular flexibility index (Phi) is 4.22. The van der Waals surface area contributed by atoms with Crippen LogP contribution in [0.15, 0.2) is 24.7 Å². The highest BCUT2D eigenvalue weighted by molar-refractivity contribution is 5.93. The molecule has 1 saturated heterocycles. The Labute approximate surface area is 140 Å². The summed E-state index contributed by atoms with van der Waals surface area (Å²) in [5.41, 5.74) is 1.63. The van der Waals surface area contributed by atoms with Gasteiger partial charge in [0.05, 0.1) is 43.4 Å². The average molecular weight is 328 g/mol. The lowest BCUT2D eigenvalue weighted by Crippen LogP contribution is -2.38. The number of carbonyl (C=O) groups excluding carboxylic acids is 1. The lowest BCUT2D eigenvalue weighted by Gasteiger charge is -2.27. The zero-order chi connectivity index (χ0) is 16.4. The number of rotatable bonds is 3. The summed E-state index contributed by atoms with van der Waals surface area (Å²) in [5, 5.41) is 7.50. The molecule has 4 rings (SSSR count). The molecule has 0 atom stereocenters. The summed E-state index contributed by atoms with van der Waals surface area (Å²) in [6, 6.07) is 1.69. The summed E-state index contributed by atoms with van der Waals surface area (Å²) in [4.78, 5) is 21.4. The third-order valence-electron chi connectivity index (χ3n) is 4.46. The van der Waals surface area contributed by atoms with E-state index in [0.717, 1.165) is 50.9 Å². The van der Waals surface area contributed by atoms with Gasteiger partial charge in [-0.2, -0.15) is 10.2 Å². The first-order valence-electron chi connectivity index (χ1n) is 8.20. The van der Waals surface area contributed by atoms with E-state index in [2.05, 4.69) is 25.9 Å². The first-order chi connectivity index (χ1) is 11.8. The molecule has 2 aromatic heterocycles. The fourth-order valence-electron chi connectivity index (χ4n) is 3.15. The third kappa shape index (κ3) is 3.15. The van der Waals surface area contributed by atoms with Gasteiger partial charge in [-0.05, 0) is 6.07 Å². The van der Waals surface area contributed by atoms with Crippen molar-refractivity contribution in [3.63, 3.8) is 0 Å². The van der Waals surface area contributed by atoms with E-state index in [1.807, 2.05) is 4.90 Å². The van der Waals surface area contributed by atoms with Gasteiger partial charge in [0, 0.05) is 38.9 Å². The van der Waals surface area contributed by atoms with Crippen molar-refractivity contribution in [2.75, 3.05) is 32.8 Å². The van der Waals surface area contributed by atoms with Gasteiger partial charge >= 0.3 is 0 Å². The SMILES string of the molecule is O=C(c1ccnnc1)N1CCn2cc(CN3CCOCC3)nc2C1. The Bertz CT molecular complexity index is 711. The molecule has 1 fully saturated rings. The van der Waals surface area contributed by atoms with E-state index in [0.29, 0.717) is 18.7 Å². The van der Waals surface area contributed by atoms with Gasteiger partial charge in [0.1, 0.15) is 5.82 Å². The highest BCUT2D eigenvalue weighted by Crippen LogP contribution is 2.16. The monoisotopic (exact) mass is 328 g/mol. The van der Waals surface area contributed by atoms with Gasteiger partial charge in [-0.3, -0.25) is 9.69 Å². The highest BCUT2D eigenvalue weighted by atomic mass is 16.5. The minimum Gasteiger partial charge on any atom is -0.379 e. The smallest absolute Gasteiger partial charge is 0.256 e. The molecule has 4 heterocycles. The van der Waals surface area contributed by atoms with E-state index >= 15 is 0 Å². The topological polar surface area (TPSA) is 76.4 Å². The van der Waals surface area contributed by atoms with Gasteiger partial charge in [0.15, 0.2) is 0 Å². The van der Waals surface area contributed by atoms with Crippen LogP contribution in [0.2, 0.25) is 0 Å². The third-order valence-corrected chi connectivity index (χ3v) is 4.46. The van der Waals surface area contributed by atoms with Crippen LogP contribution >= 0.6 is 0 Å². The number of fused-ring (bicyclic) bond motifs is 1. The second-order valence-corrected chi connectivity index (χ2v) is 6.09. The Morgan fingerprint density at radius 1 is 1.17 bits per heavy atom. The molecule has 0 spiro atoms. The molecule has 8 nitrogen and oxygen atoms in total. The van der Waals surface area contributed by atoms with Crippen molar-refractivity contribution >= 4 is 5.91 Å². The number of morpholine rings is 1. The van der Waals surface area contributed by atoms with Crippen LogP contribution in [0.1, 0.15) is 21.9 Å². The van der Waals surface area contributed by atoms with Crippen molar-refractivity contribution in [3.05, 3.63) is 41.7 Å². The van der Waals surface area contributed by atoms with Crippen LogP contribution in [0.4, 0.5) is 0 Å². The van der Waals surface area contributed by atoms with Crippen LogP contribution in [0.5, 0.6) is 0 Å². The normalized spacial score (nSPS) is 18.4. The summed E-state index contributed by atoms with van der Waals surface area (Å²) in [7, 11) is 0. The number of carbonyl (C=O) groups is 1. The maximum Gasteiger partial charge on any atom is 0.256 e. The molecule has 0 bridgehead atoms. The van der Waals surface area contributed by atoms with Gasteiger partial charge < -0.3 is 14.2 Å². The summed E-state index contributed by atoms with van der Waals surface area (Å²) in [5.74, 6) is 0.925. The van der Waals surface area contributed by atoms with Crippen LogP contribution < -0.4 is 0 Å². The molecular formula is C16H20N6O2. The minimum atomic E-state index is -0.0196. The lowest BCUT2D eigenvalue weighted by molar-refractivity contribution is 0.0337. The van der Waals surface area contributed by atoms with Gasteiger partial charge in [0.25, 0.3) is 5.91 Å². The van der Waals surface area contributed by atoms with E-state index in [-0.39, 0.29) is 5.91 Å². The zero-order valence-corrected chi connectivity index (χ0v) is 13.5. The molecule has 126 valence electrons. The fraction of sp³-hybridized carbons (Fsp3) is 0.500. The lowest BCUT2D eigenvalue weighted by atomic mass is 10.2. The number of imidazole rings is 1. The fourth-order valence-corrected chi connectivity index (χ4v) is 3.15. The van der Waals surface area contributed by atoms with Gasteiger partial charge in [-0.25, -0.2) is 4.98 Å². The average Bonchev–Trinajstić information content (AvgIpc) is 3.04. The molecule has 2 aliphatic heterocycles. The first-order valence-corrected chi connectivity index (χ1v) is 8.20. The largest absolute Gasteiger partial charge is 0.379 e. The molecule has 0 saturated carbocycles. The number of hydrogen-bond donors (Lipinski definition) is 0. The predicted molar refractivity (Wildman–Crippen MR) is 85.1 cm³/mol. The second-order valence-electron chi connectivity index (χ2n) is 6.09. The number of hydrogen-bond acceptors (Lipinski definition) is 6. The maximum atomic E-state index is 12.5. The molecule has 8 heteroatoms. The zero-order valence-electron chi connectivity index (χ0n) is 13.5. The van der Waals surface area contributed by atoms with E-state index in [4.69, 9.17) is 9.72 Å². The van der Waals surface area contributed by atoms with E-state index < -0.39 is 0 Å². The van der Waals surface area contributed by atoms with Gasteiger partial charge in [-0.1, -0.05) is 0 Å². The minimum absolute atomic E-state index is 0.0196. The van der Waals surface area contributed by atoms with Crippen LogP contribution in [0, 0.1) is 0 Å². The summed E-state index contributed by atoms with van der Waals surface area (Å²) < 4.78 is 7.54. The number of amides is 1. The number of aromatic nitrogens is 4. The summed E-state index contributed by atoms with van der Waals surface area (Å²) >= 11 is 0. The molecule has 1 amide bonds. The molecular weight excluding hydrogens is 308 g/mol. The van der Waals surface area contributed by atoms with Crippen molar-refractivity contribution in [2.24, 2.45) is 0 Å². The molecule has 0 radical (unpaired) electrons. The quantitative estimate of drug-likeness (QED) is 0.799. The van der Waals surface area contributed by atoms with E-state index in [9.17, 15) is 4.79 Å². The van der Waals surface area contributed by atoms with Crippen LogP contribution in [-0.4, -0.2) is 68.3 Å². The molecule has 0 aliphatic carbocycles. The first kappa shape index (κ1) is 15.2. The van der Waals surface area contributed by atoms with Crippen molar-refractivity contribution in [1.29, 1.82) is 0 Å². The molecule has 24 heavy (non-hydrogen) atoms. The van der Waals surface area contributed by atoms with Crippen molar-refractivity contribution in [2.45, 2.75) is 19.6 Å². The van der Waals surface area contributed by atoms with Crippen molar-refractivity contribution < 1.29 is 9.53 Å². The van der Waals surface area contributed by atoms with Crippen molar-refractivity contribution in [3.8, 4) is 0 Å². The van der Waals surface area contributed by atoms with Crippen LogP contribution in [-0.2, 0) is 24.4 Å². The Morgan fingerprint density at radius 2 is 2.04 bits per heavy atom. The summed E-state index contributed by atoms with van der Waals surface area (Å²) in [6.07, 6.45) is 5.16. The summed E-state index contributed by atoms with van der Waals surface area (Å²) in [6.45, 7) is 6.29. The van der Waals surface area contributed by atoms with Gasteiger partial charge in [-0.15, -0.1) is 0 Å².